The largest absolute Gasteiger partial charge is 0.462 e. The van der Waals surface area contributed by atoms with Crippen LogP contribution in [0.15, 0.2) is 17.2 Å². The van der Waals surface area contributed by atoms with E-state index in [1.807, 2.05) is 45.2 Å². The number of anilines is 1. The Labute approximate surface area is 143 Å². The first-order chi connectivity index (χ1) is 9.53. The topological polar surface area (TPSA) is 98.3 Å². The molecule has 0 aliphatic heterocycles. The van der Waals surface area contributed by atoms with Crippen LogP contribution in [0.4, 0.5) is 5.69 Å². The fourth-order valence-corrected chi connectivity index (χ4v) is 3.21. The lowest BCUT2D eigenvalue weighted by atomic mass is 10.2. The van der Waals surface area contributed by atoms with E-state index in [0.29, 0.717) is 17.9 Å². The minimum absolute atomic E-state index is 0.272. The Morgan fingerprint density at radius 2 is 1.90 bits per heavy atom. The molecule has 0 aliphatic rings. The van der Waals surface area contributed by atoms with Crippen LogP contribution in [0.1, 0.15) is 17.3 Å². The maximum absolute atomic E-state index is 11.7. The summed E-state index contributed by atoms with van der Waals surface area (Å²) >= 11 is 4.07. The predicted octanol–water partition coefficient (Wildman–Crippen LogP) is 2.89. The minimum atomic E-state index is -0.395. The number of carbonyl (C=O) groups excluding carboxylic acids is 1. The smallest absolute Gasteiger partial charge is 0.338 e. The average Bonchev–Trinajstić information content (AvgIpc) is 2.42. The van der Waals surface area contributed by atoms with E-state index in [1.54, 1.807) is 31.2 Å². The van der Waals surface area contributed by atoms with Crippen LogP contribution in [0, 0.1) is 29.8 Å². The normalized spacial score (nSPS) is 9.05. The first-order valence-electron chi connectivity index (χ1n) is 5.33. The molecule has 0 aliphatic carbocycles. The molecule has 0 bridgehead atoms. The van der Waals surface area contributed by atoms with Crippen molar-refractivity contribution in [3.8, 4) is 12.1 Å². The highest BCUT2D eigenvalue weighted by Gasteiger charge is 2.13. The summed E-state index contributed by atoms with van der Waals surface area (Å²) in [5.74, 6) is -0.395. The summed E-state index contributed by atoms with van der Waals surface area (Å²) in [7, 11) is 0. The highest BCUT2D eigenvalue weighted by molar-refractivity contribution is 14.1. The van der Waals surface area contributed by atoms with Crippen molar-refractivity contribution in [2.24, 2.45) is 5.10 Å². The van der Waals surface area contributed by atoms with Crippen molar-refractivity contribution in [1.29, 1.82) is 10.5 Å². The quantitative estimate of drug-likeness (QED) is 0.301. The van der Waals surface area contributed by atoms with Gasteiger partial charge in [-0.25, -0.2) is 4.79 Å². The zero-order valence-electron chi connectivity index (χ0n) is 10.3. The lowest BCUT2D eigenvalue weighted by Crippen LogP contribution is -2.07. The highest BCUT2D eigenvalue weighted by Crippen LogP contribution is 2.27. The lowest BCUT2D eigenvalue weighted by Gasteiger charge is -2.09. The van der Waals surface area contributed by atoms with E-state index in [-0.39, 0.29) is 5.71 Å². The molecular formula is C12H8I2N4O2. The standard InChI is InChI=1S/C12H8I2N4O2/c1-2-20-12(19)7-3-9(13)11(10(14)4-7)18-17-8(5-15)6-16/h3-4,18H,2H2,1H3. The average molecular weight is 494 g/mol. The number of hydrazone groups is 1. The van der Waals surface area contributed by atoms with E-state index in [0.717, 1.165) is 7.14 Å². The molecule has 0 amide bonds. The summed E-state index contributed by atoms with van der Waals surface area (Å²) in [6.07, 6.45) is 0. The molecule has 102 valence electrons. The number of nitriles is 2. The Hall–Kier alpha value is -1.40. The number of nitrogens with zero attached hydrogens (tertiary/aromatic N) is 3. The Balaban J connectivity index is 3.08. The van der Waals surface area contributed by atoms with Crippen molar-refractivity contribution >= 4 is 62.6 Å². The van der Waals surface area contributed by atoms with Gasteiger partial charge < -0.3 is 4.74 Å². The van der Waals surface area contributed by atoms with E-state index in [2.05, 4.69) is 10.5 Å². The van der Waals surface area contributed by atoms with E-state index in [4.69, 9.17) is 15.3 Å². The predicted molar refractivity (Wildman–Crippen MR) is 90.1 cm³/mol. The first-order valence-corrected chi connectivity index (χ1v) is 7.49. The molecule has 0 unspecified atom stereocenters. The molecule has 1 N–H and O–H groups in total. The molecule has 1 aromatic carbocycles. The van der Waals surface area contributed by atoms with Crippen molar-refractivity contribution in [1.82, 2.24) is 0 Å². The van der Waals surface area contributed by atoms with Crippen molar-refractivity contribution < 1.29 is 9.53 Å². The Bertz CT molecular complexity index is 605. The number of hydrogen-bond donors (Lipinski definition) is 1. The fourth-order valence-electron chi connectivity index (χ4n) is 1.20. The summed E-state index contributed by atoms with van der Waals surface area (Å²) in [4.78, 5) is 11.7. The Morgan fingerprint density at radius 3 is 2.35 bits per heavy atom. The highest BCUT2D eigenvalue weighted by atomic mass is 127. The number of ether oxygens (including phenoxy) is 1. The number of benzene rings is 1. The molecule has 8 heteroatoms. The van der Waals surface area contributed by atoms with Crippen LogP contribution in [-0.2, 0) is 4.74 Å². The monoisotopic (exact) mass is 494 g/mol. The van der Waals surface area contributed by atoms with Crippen LogP contribution in [0.2, 0.25) is 0 Å². The molecule has 20 heavy (non-hydrogen) atoms. The van der Waals surface area contributed by atoms with E-state index in [1.165, 1.54) is 0 Å². The van der Waals surface area contributed by atoms with Gasteiger partial charge >= 0.3 is 5.97 Å². The second kappa shape index (κ2) is 8.01. The van der Waals surface area contributed by atoms with Crippen LogP contribution in [-0.4, -0.2) is 18.3 Å². The van der Waals surface area contributed by atoms with Crippen LogP contribution in [0.3, 0.4) is 0 Å². The maximum atomic E-state index is 11.7. The van der Waals surface area contributed by atoms with Gasteiger partial charge in [0.2, 0.25) is 5.71 Å². The number of carbonyl (C=O) groups is 1. The van der Waals surface area contributed by atoms with Crippen molar-refractivity contribution in [3.63, 3.8) is 0 Å². The zero-order chi connectivity index (χ0) is 15.1. The minimum Gasteiger partial charge on any atom is -0.462 e. The van der Waals surface area contributed by atoms with Gasteiger partial charge in [0.15, 0.2) is 0 Å². The molecule has 0 spiro atoms. The third kappa shape index (κ3) is 4.31. The summed E-state index contributed by atoms with van der Waals surface area (Å²) in [6.45, 7) is 2.05. The molecule has 1 rings (SSSR count). The number of rotatable bonds is 4. The van der Waals surface area contributed by atoms with E-state index < -0.39 is 5.97 Å². The number of nitrogens with one attached hydrogen (secondary N) is 1. The lowest BCUT2D eigenvalue weighted by molar-refractivity contribution is 0.0526. The molecule has 0 saturated carbocycles. The van der Waals surface area contributed by atoms with Crippen LogP contribution < -0.4 is 5.43 Å². The van der Waals surface area contributed by atoms with Gasteiger partial charge in [-0.05, 0) is 64.2 Å². The van der Waals surface area contributed by atoms with Gasteiger partial charge in [-0.15, -0.1) is 0 Å². The second-order valence-corrected chi connectivity index (χ2v) is 5.66. The molecule has 0 radical (unpaired) electrons. The van der Waals surface area contributed by atoms with Gasteiger partial charge in [0.1, 0.15) is 12.1 Å². The number of halogens is 2. The molecular weight excluding hydrogens is 486 g/mol. The second-order valence-electron chi connectivity index (χ2n) is 3.33. The molecule has 0 heterocycles. The Morgan fingerprint density at radius 1 is 1.35 bits per heavy atom. The number of hydrogen-bond acceptors (Lipinski definition) is 6. The van der Waals surface area contributed by atoms with Gasteiger partial charge in [0.05, 0.1) is 17.9 Å². The summed E-state index contributed by atoms with van der Waals surface area (Å²) in [6, 6.07) is 6.61. The SMILES string of the molecule is CCOC(=O)c1cc(I)c(NN=C(C#N)C#N)c(I)c1. The molecule has 6 nitrogen and oxygen atoms in total. The molecule has 0 aromatic heterocycles. The Kier molecular flexibility index (Phi) is 6.67. The van der Waals surface area contributed by atoms with Gasteiger partial charge in [-0.1, -0.05) is 0 Å². The van der Waals surface area contributed by atoms with Crippen molar-refractivity contribution in [2.75, 3.05) is 12.0 Å². The summed E-state index contributed by atoms with van der Waals surface area (Å²) in [5, 5.41) is 20.9. The molecule has 0 saturated heterocycles. The first kappa shape index (κ1) is 16.7. The fraction of sp³-hybridized carbons (Fsp3) is 0.167. The van der Waals surface area contributed by atoms with Crippen molar-refractivity contribution in [2.45, 2.75) is 6.92 Å². The van der Waals surface area contributed by atoms with Crippen LogP contribution in [0.25, 0.3) is 0 Å². The third-order valence-corrected chi connectivity index (χ3v) is 3.75. The zero-order valence-corrected chi connectivity index (χ0v) is 14.6. The van der Waals surface area contributed by atoms with Gasteiger partial charge in [0.25, 0.3) is 0 Å². The van der Waals surface area contributed by atoms with Crippen LogP contribution in [0.5, 0.6) is 0 Å². The molecule has 1 aromatic rings. The molecule has 0 atom stereocenters. The maximum Gasteiger partial charge on any atom is 0.338 e. The number of esters is 1. The van der Waals surface area contributed by atoms with Gasteiger partial charge in [-0.2, -0.15) is 15.6 Å². The summed E-state index contributed by atoms with van der Waals surface area (Å²) < 4.78 is 6.40. The van der Waals surface area contributed by atoms with Crippen LogP contribution >= 0.6 is 45.2 Å². The van der Waals surface area contributed by atoms with Crippen molar-refractivity contribution in [3.05, 3.63) is 24.8 Å². The van der Waals surface area contributed by atoms with E-state index in [9.17, 15) is 4.79 Å². The van der Waals surface area contributed by atoms with Gasteiger partial charge in [-0.3, -0.25) is 5.43 Å². The van der Waals surface area contributed by atoms with E-state index >= 15 is 0 Å². The summed E-state index contributed by atoms with van der Waals surface area (Å²) in [5.41, 5.74) is 3.45. The third-order valence-electron chi connectivity index (χ3n) is 2.04. The molecule has 0 fully saturated rings. The van der Waals surface area contributed by atoms with Gasteiger partial charge in [0, 0.05) is 7.14 Å².